The summed E-state index contributed by atoms with van der Waals surface area (Å²) in [6.07, 6.45) is 1.38. The zero-order chi connectivity index (χ0) is 24.4. The average Bonchev–Trinajstić information content (AvgIpc) is 3.08. The van der Waals surface area contributed by atoms with Crippen molar-refractivity contribution in [2.24, 2.45) is 11.1 Å². The van der Waals surface area contributed by atoms with Gasteiger partial charge in [-0.3, -0.25) is 4.79 Å². The molecule has 1 atom stereocenters. The van der Waals surface area contributed by atoms with E-state index in [0.717, 1.165) is 16.9 Å². The Kier molecular flexibility index (Phi) is 7.46. The lowest BCUT2D eigenvalue weighted by molar-refractivity contribution is -0.120. The molecule has 0 aliphatic rings. The maximum atomic E-state index is 13.1. The van der Waals surface area contributed by atoms with Gasteiger partial charge in [-0.25, -0.2) is 31.9 Å². The number of nitrogens with two attached hydrogens (primary N) is 1. The van der Waals surface area contributed by atoms with Gasteiger partial charge in [0.05, 0.1) is 21.7 Å². The van der Waals surface area contributed by atoms with E-state index in [2.05, 4.69) is 15.3 Å². The Balaban J connectivity index is 1.98. The molecule has 1 aromatic carbocycles. The van der Waals surface area contributed by atoms with Crippen LogP contribution in [0, 0.1) is 11.9 Å². The second-order valence-electron chi connectivity index (χ2n) is 7.87. The number of carbonyl (C=O) groups excluding carboxylic acids is 1. The van der Waals surface area contributed by atoms with Crippen LogP contribution in [0.5, 0.6) is 0 Å². The Bertz CT molecular complexity index is 1370. The van der Waals surface area contributed by atoms with Gasteiger partial charge in [0, 0.05) is 18.3 Å². The van der Waals surface area contributed by atoms with Crippen LogP contribution in [0.15, 0.2) is 36.5 Å². The number of sulfonamides is 1. The standard InChI is InChI=1S/C20H23FN4O5S3/c1-12(2)11-32(27,28)18(19(26)23-7-8-33(22,29)30)20-25-15-5-3-13(9-16(15)31-20)14-4-6-17(21)24-10-14/h3-6,9-10,12,18H,7-8,11H2,1-2H3,(H,23,26)(H2,22,29,30). The van der Waals surface area contributed by atoms with Gasteiger partial charge in [-0.1, -0.05) is 19.9 Å². The number of pyridine rings is 1. The summed E-state index contributed by atoms with van der Waals surface area (Å²) in [6.45, 7) is 3.11. The van der Waals surface area contributed by atoms with E-state index in [-0.39, 0.29) is 23.2 Å². The maximum Gasteiger partial charge on any atom is 0.245 e. The lowest BCUT2D eigenvalue weighted by atomic mass is 10.1. The zero-order valence-corrected chi connectivity index (χ0v) is 20.3. The number of fused-ring (bicyclic) bond motifs is 1. The summed E-state index contributed by atoms with van der Waals surface area (Å²) < 4.78 is 62.2. The molecule has 2 aromatic heterocycles. The molecule has 0 fully saturated rings. The Morgan fingerprint density at radius 1 is 1.15 bits per heavy atom. The fraction of sp³-hybridized carbons (Fsp3) is 0.350. The number of aromatic nitrogens is 2. The van der Waals surface area contributed by atoms with Crippen LogP contribution in [-0.4, -0.2) is 50.8 Å². The highest BCUT2D eigenvalue weighted by Gasteiger charge is 2.37. The van der Waals surface area contributed by atoms with Gasteiger partial charge in [0.15, 0.2) is 15.1 Å². The number of thiazole rings is 1. The molecule has 3 aromatic rings. The molecule has 0 saturated heterocycles. The Morgan fingerprint density at radius 2 is 1.85 bits per heavy atom. The highest BCUT2D eigenvalue weighted by molar-refractivity contribution is 7.92. The molecule has 3 N–H and O–H groups in total. The molecule has 3 rings (SSSR count). The highest BCUT2D eigenvalue weighted by atomic mass is 32.2. The number of carbonyl (C=O) groups is 1. The number of primary sulfonamides is 1. The molecular weight excluding hydrogens is 491 g/mol. The highest BCUT2D eigenvalue weighted by Crippen LogP contribution is 2.34. The first-order valence-corrected chi connectivity index (χ1v) is 14.1. The molecule has 1 amide bonds. The van der Waals surface area contributed by atoms with E-state index >= 15 is 0 Å². The SMILES string of the molecule is CC(C)CS(=O)(=O)C(C(=O)NCCS(N)(=O)=O)c1nc2ccc(-c3ccc(F)nc3)cc2s1. The predicted octanol–water partition coefficient (Wildman–Crippen LogP) is 2.01. The largest absolute Gasteiger partial charge is 0.354 e. The van der Waals surface area contributed by atoms with Crippen molar-refractivity contribution in [1.82, 2.24) is 15.3 Å². The van der Waals surface area contributed by atoms with Gasteiger partial charge in [0.25, 0.3) is 0 Å². The monoisotopic (exact) mass is 514 g/mol. The number of hydrogen-bond donors (Lipinski definition) is 2. The summed E-state index contributed by atoms with van der Waals surface area (Å²) in [5.41, 5.74) is 1.89. The minimum Gasteiger partial charge on any atom is -0.354 e. The first-order chi connectivity index (χ1) is 15.4. The normalized spacial score (nSPS) is 13.4. The molecule has 178 valence electrons. The Labute approximate surface area is 195 Å². The van der Waals surface area contributed by atoms with Gasteiger partial charge < -0.3 is 5.32 Å². The van der Waals surface area contributed by atoms with Crippen LogP contribution >= 0.6 is 11.3 Å². The number of halogens is 1. The predicted molar refractivity (Wildman–Crippen MR) is 125 cm³/mol. The number of rotatable bonds is 9. The van der Waals surface area contributed by atoms with Crippen LogP contribution in [0.25, 0.3) is 21.3 Å². The summed E-state index contributed by atoms with van der Waals surface area (Å²) in [4.78, 5) is 20.9. The molecule has 0 spiro atoms. The number of nitrogens with zero attached hydrogens (tertiary/aromatic N) is 2. The number of nitrogens with one attached hydrogen (secondary N) is 1. The summed E-state index contributed by atoms with van der Waals surface area (Å²) in [5, 5.41) is 5.79. The van der Waals surface area contributed by atoms with Crippen molar-refractivity contribution < 1.29 is 26.0 Å². The van der Waals surface area contributed by atoms with E-state index in [1.165, 1.54) is 12.3 Å². The minimum absolute atomic E-state index is 0.0770. The van der Waals surface area contributed by atoms with Crippen LogP contribution in [-0.2, 0) is 24.7 Å². The first kappa shape index (κ1) is 25.1. The van der Waals surface area contributed by atoms with Crippen LogP contribution in [0.1, 0.15) is 24.1 Å². The quantitative estimate of drug-likeness (QED) is 0.415. The van der Waals surface area contributed by atoms with E-state index in [4.69, 9.17) is 5.14 Å². The second-order valence-corrected chi connectivity index (χ2v) is 12.8. The van der Waals surface area contributed by atoms with E-state index in [1.807, 2.05) is 0 Å². The molecule has 13 heteroatoms. The van der Waals surface area contributed by atoms with Gasteiger partial charge in [-0.2, -0.15) is 4.39 Å². The van der Waals surface area contributed by atoms with Crippen molar-refractivity contribution in [2.75, 3.05) is 18.1 Å². The third-order valence-corrected chi connectivity index (χ3v) is 8.83. The van der Waals surface area contributed by atoms with E-state index in [1.54, 1.807) is 38.1 Å². The van der Waals surface area contributed by atoms with Gasteiger partial charge in [0.1, 0.15) is 5.01 Å². The number of sulfone groups is 1. The minimum atomic E-state index is -3.95. The van der Waals surface area contributed by atoms with Crippen LogP contribution in [0.2, 0.25) is 0 Å². The molecule has 0 aliphatic heterocycles. The summed E-state index contributed by atoms with van der Waals surface area (Å²) in [6, 6.07) is 7.98. The van der Waals surface area contributed by atoms with Crippen molar-refractivity contribution in [3.8, 4) is 11.1 Å². The van der Waals surface area contributed by atoms with Crippen molar-refractivity contribution in [2.45, 2.75) is 19.1 Å². The smallest absolute Gasteiger partial charge is 0.245 e. The molecule has 9 nitrogen and oxygen atoms in total. The van der Waals surface area contributed by atoms with Crippen molar-refractivity contribution in [3.63, 3.8) is 0 Å². The fourth-order valence-electron chi connectivity index (χ4n) is 3.18. The first-order valence-electron chi connectivity index (χ1n) is 9.88. The van der Waals surface area contributed by atoms with Gasteiger partial charge in [0.2, 0.25) is 21.9 Å². The Hall–Kier alpha value is -2.48. The van der Waals surface area contributed by atoms with Crippen LogP contribution in [0.4, 0.5) is 4.39 Å². The number of amides is 1. The molecule has 0 saturated carbocycles. The average molecular weight is 515 g/mol. The number of hydrogen-bond acceptors (Lipinski definition) is 8. The van der Waals surface area contributed by atoms with Crippen LogP contribution < -0.4 is 10.5 Å². The lowest BCUT2D eigenvalue weighted by Gasteiger charge is -2.16. The Morgan fingerprint density at radius 3 is 2.45 bits per heavy atom. The topological polar surface area (TPSA) is 149 Å². The van der Waals surface area contributed by atoms with Gasteiger partial charge >= 0.3 is 0 Å². The van der Waals surface area contributed by atoms with Crippen molar-refractivity contribution in [3.05, 3.63) is 47.5 Å². The van der Waals surface area contributed by atoms with Crippen molar-refractivity contribution >= 4 is 47.3 Å². The molecule has 0 aliphatic carbocycles. The summed E-state index contributed by atoms with van der Waals surface area (Å²) >= 11 is 1.05. The number of benzene rings is 1. The summed E-state index contributed by atoms with van der Waals surface area (Å²) in [7, 11) is -7.78. The van der Waals surface area contributed by atoms with Crippen molar-refractivity contribution in [1.29, 1.82) is 0 Å². The van der Waals surface area contributed by atoms with E-state index in [0.29, 0.717) is 15.8 Å². The zero-order valence-electron chi connectivity index (χ0n) is 17.9. The third kappa shape index (κ3) is 6.53. The molecule has 2 heterocycles. The molecular formula is C20H23FN4O5S3. The van der Waals surface area contributed by atoms with Gasteiger partial charge in [-0.05, 0) is 35.7 Å². The fourth-order valence-corrected chi connectivity index (χ4v) is 7.03. The third-order valence-electron chi connectivity index (χ3n) is 4.54. The lowest BCUT2D eigenvalue weighted by Crippen LogP contribution is -2.38. The molecule has 0 bridgehead atoms. The van der Waals surface area contributed by atoms with Gasteiger partial charge in [-0.15, -0.1) is 11.3 Å². The molecule has 33 heavy (non-hydrogen) atoms. The summed E-state index contributed by atoms with van der Waals surface area (Å²) in [5.74, 6) is -2.47. The second kappa shape index (κ2) is 9.79. The molecule has 1 unspecified atom stereocenters. The van der Waals surface area contributed by atoms with E-state index < -0.39 is 42.7 Å². The van der Waals surface area contributed by atoms with Crippen LogP contribution in [0.3, 0.4) is 0 Å². The maximum absolute atomic E-state index is 13.1. The molecule has 0 radical (unpaired) electrons. The van der Waals surface area contributed by atoms with E-state index in [9.17, 15) is 26.0 Å².